The van der Waals surface area contributed by atoms with Gasteiger partial charge in [-0.2, -0.15) is 0 Å². The summed E-state index contributed by atoms with van der Waals surface area (Å²) in [7, 11) is 3.94. The van der Waals surface area contributed by atoms with E-state index in [1.807, 2.05) is 32.8 Å². The molecule has 0 aromatic carbocycles. The van der Waals surface area contributed by atoms with Gasteiger partial charge in [-0.15, -0.1) is 0 Å². The van der Waals surface area contributed by atoms with Crippen LogP contribution in [-0.2, 0) is 6.54 Å². The van der Waals surface area contributed by atoms with Gasteiger partial charge in [-0.25, -0.2) is 4.79 Å². The number of rotatable bonds is 6. The van der Waals surface area contributed by atoms with Gasteiger partial charge in [0.05, 0.1) is 0 Å². The maximum absolute atomic E-state index is 12.2. The molecule has 0 fully saturated rings. The molecule has 1 heterocycles. The molecule has 1 N–H and O–H groups in total. The Balaban J connectivity index is 3.12. The van der Waals surface area contributed by atoms with Gasteiger partial charge >= 0.3 is 5.97 Å². The molecular formula is C14H22N2O3. The molecule has 5 nitrogen and oxygen atoms in total. The smallest absolute Gasteiger partial charge is 0.341 e. The fraction of sp³-hybridized carbons (Fsp3) is 0.571. The summed E-state index contributed by atoms with van der Waals surface area (Å²) in [5.74, 6) is -0.975. The van der Waals surface area contributed by atoms with E-state index >= 15 is 0 Å². The second-order valence-electron chi connectivity index (χ2n) is 5.25. The lowest BCUT2D eigenvalue weighted by Crippen LogP contribution is -2.30. The SMILES string of the molecule is CC(C)c1ccc(C(=O)O)c(=O)n1CCCN(C)C. The summed E-state index contributed by atoms with van der Waals surface area (Å²) in [6, 6.07) is 3.15. The first-order chi connectivity index (χ1) is 8.84. The molecule has 0 saturated heterocycles. The molecule has 1 aromatic heterocycles. The van der Waals surface area contributed by atoms with E-state index in [1.165, 1.54) is 6.07 Å². The molecule has 0 amide bonds. The van der Waals surface area contributed by atoms with Crippen molar-refractivity contribution in [1.29, 1.82) is 0 Å². The summed E-state index contributed by atoms with van der Waals surface area (Å²) in [5.41, 5.74) is 0.320. The molecule has 0 spiro atoms. The summed E-state index contributed by atoms with van der Waals surface area (Å²) in [4.78, 5) is 25.2. The first kappa shape index (κ1) is 15.4. The highest BCUT2D eigenvalue weighted by Gasteiger charge is 2.15. The summed E-state index contributed by atoms with van der Waals surface area (Å²) >= 11 is 0. The van der Waals surface area contributed by atoms with Crippen LogP contribution in [0.1, 0.15) is 42.2 Å². The van der Waals surface area contributed by atoms with Crippen LogP contribution in [0.15, 0.2) is 16.9 Å². The topological polar surface area (TPSA) is 62.5 Å². The van der Waals surface area contributed by atoms with Crippen LogP contribution in [0.3, 0.4) is 0 Å². The molecule has 1 aromatic rings. The minimum absolute atomic E-state index is 0.158. The molecule has 106 valence electrons. The fourth-order valence-corrected chi connectivity index (χ4v) is 2.04. The average Bonchev–Trinajstić information content (AvgIpc) is 2.29. The van der Waals surface area contributed by atoms with Gasteiger partial charge in [-0.1, -0.05) is 13.8 Å². The fourth-order valence-electron chi connectivity index (χ4n) is 2.04. The van der Waals surface area contributed by atoms with E-state index in [0.29, 0.717) is 6.54 Å². The van der Waals surface area contributed by atoms with Gasteiger partial charge in [0.25, 0.3) is 5.56 Å². The minimum atomic E-state index is -1.17. The zero-order valence-corrected chi connectivity index (χ0v) is 12.0. The van der Waals surface area contributed by atoms with Crippen LogP contribution in [-0.4, -0.2) is 41.2 Å². The number of aromatic nitrogens is 1. The Labute approximate surface area is 113 Å². The molecule has 0 atom stereocenters. The van der Waals surface area contributed by atoms with Crippen LogP contribution in [0, 0.1) is 0 Å². The summed E-state index contributed by atoms with van der Waals surface area (Å²) in [6.45, 7) is 5.40. The van der Waals surface area contributed by atoms with Crippen molar-refractivity contribution in [3.05, 3.63) is 33.7 Å². The zero-order chi connectivity index (χ0) is 14.6. The van der Waals surface area contributed by atoms with E-state index in [0.717, 1.165) is 18.7 Å². The van der Waals surface area contributed by atoms with E-state index in [9.17, 15) is 9.59 Å². The highest BCUT2D eigenvalue weighted by molar-refractivity contribution is 5.87. The molecule has 1 rings (SSSR count). The second-order valence-corrected chi connectivity index (χ2v) is 5.25. The first-order valence-corrected chi connectivity index (χ1v) is 6.46. The van der Waals surface area contributed by atoms with E-state index in [2.05, 4.69) is 0 Å². The Morgan fingerprint density at radius 2 is 2.00 bits per heavy atom. The van der Waals surface area contributed by atoms with Crippen molar-refractivity contribution >= 4 is 5.97 Å². The number of nitrogens with zero attached hydrogens (tertiary/aromatic N) is 2. The highest BCUT2D eigenvalue weighted by atomic mass is 16.4. The maximum atomic E-state index is 12.2. The molecule has 19 heavy (non-hydrogen) atoms. The second kappa shape index (κ2) is 6.52. The Morgan fingerprint density at radius 3 is 2.47 bits per heavy atom. The maximum Gasteiger partial charge on any atom is 0.341 e. The normalized spacial score (nSPS) is 11.3. The molecule has 0 saturated carbocycles. The van der Waals surface area contributed by atoms with Gasteiger partial charge in [0.15, 0.2) is 0 Å². The monoisotopic (exact) mass is 266 g/mol. The van der Waals surface area contributed by atoms with Crippen LogP contribution in [0.2, 0.25) is 0 Å². The minimum Gasteiger partial charge on any atom is -0.477 e. The largest absolute Gasteiger partial charge is 0.477 e. The molecule has 5 heteroatoms. The van der Waals surface area contributed by atoms with Crippen molar-refractivity contribution < 1.29 is 9.90 Å². The van der Waals surface area contributed by atoms with Gasteiger partial charge in [0, 0.05) is 12.2 Å². The zero-order valence-electron chi connectivity index (χ0n) is 12.0. The highest BCUT2D eigenvalue weighted by Crippen LogP contribution is 2.13. The summed E-state index contributed by atoms with van der Waals surface area (Å²) < 4.78 is 1.59. The predicted molar refractivity (Wildman–Crippen MR) is 74.9 cm³/mol. The summed E-state index contributed by atoms with van der Waals surface area (Å²) in [5, 5.41) is 9.01. The number of hydrogen-bond acceptors (Lipinski definition) is 3. The third kappa shape index (κ3) is 3.92. The third-order valence-corrected chi connectivity index (χ3v) is 3.02. The number of hydrogen-bond donors (Lipinski definition) is 1. The molecular weight excluding hydrogens is 244 g/mol. The molecule has 0 aliphatic rings. The van der Waals surface area contributed by atoms with Crippen LogP contribution in [0.4, 0.5) is 0 Å². The van der Waals surface area contributed by atoms with Crippen molar-refractivity contribution in [2.45, 2.75) is 32.7 Å². The number of carboxylic acid groups (broad SMARTS) is 1. The molecule has 0 unspecified atom stereocenters. The van der Waals surface area contributed by atoms with Gasteiger partial charge < -0.3 is 14.6 Å². The van der Waals surface area contributed by atoms with Gasteiger partial charge in [0.2, 0.25) is 0 Å². The van der Waals surface area contributed by atoms with E-state index in [4.69, 9.17) is 5.11 Å². The Kier molecular flexibility index (Phi) is 5.30. The van der Waals surface area contributed by atoms with Crippen LogP contribution >= 0.6 is 0 Å². The number of pyridine rings is 1. The standard InChI is InChI=1S/C14H22N2O3/c1-10(2)12-7-6-11(14(18)19)13(17)16(12)9-5-8-15(3)4/h6-7,10H,5,8-9H2,1-4H3,(H,18,19). The first-order valence-electron chi connectivity index (χ1n) is 6.46. The van der Waals surface area contributed by atoms with E-state index < -0.39 is 11.5 Å². The molecule has 0 radical (unpaired) electrons. The van der Waals surface area contributed by atoms with Gasteiger partial charge in [0.1, 0.15) is 5.56 Å². The Bertz CT molecular complexity index is 504. The van der Waals surface area contributed by atoms with Gasteiger partial charge in [-0.05, 0) is 45.1 Å². The van der Waals surface area contributed by atoms with Crippen LogP contribution < -0.4 is 5.56 Å². The Morgan fingerprint density at radius 1 is 1.37 bits per heavy atom. The molecule has 0 bridgehead atoms. The van der Waals surface area contributed by atoms with Crippen molar-refractivity contribution in [1.82, 2.24) is 9.47 Å². The number of carboxylic acids is 1. The van der Waals surface area contributed by atoms with E-state index in [-0.39, 0.29) is 11.5 Å². The quantitative estimate of drug-likeness (QED) is 0.850. The number of aromatic carboxylic acids is 1. The van der Waals surface area contributed by atoms with Crippen LogP contribution in [0.5, 0.6) is 0 Å². The lowest BCUT2D eigenvalue weighted by molar-refractivity contribution is 0.0694. The third-order valence-electron chi connectivity index (χ3n) is 3.02. The van der Waals surface area contributed by atoms with Crippen molar-refractivity contribution in [3.8, 4) is 0 Å². The van der Waals surface area contributed by atoms with E-state index in [1.54, 1.807) is 10.6 Å². The lowest BCUT2D eigenvalue weighted by atomic mass is 10.1. The van der Waals surface area contributed by atoms with Crippen molar-refractivity contribution in [2.24, 2.45) is 0 Å². The van der Waals surface area contributed by atoms with Gasteiger partial charge in [-0.3, -0.25) is 4.79 Å². The predicted octanol–water partition coefficient (Wildman–Crippen LogP) is 1.62. The average molecular weight is 266 g/mol. The summed E-state index contributed by atoms with van der Waals surface area (Å²) in [6.07, 6.45) is 0.815. The lowest BCUT2D eigenvalue weighted by Gasteiger charge is -2.17. The Hall–Kier alpha value is -1.62. The molecule has 0 aliphatic heterocycles. The molecule has 0 aliphatic carbocycles. The van der Waals surface area contributed by atoms with Crippen molar-refractivity contribution in [3.63, 3.8) is 0 Å². The number of carbonyl (C=O) groups is 1. The van der Waals surface area contributed by atoms with Crippen LogP contribution in [0.25, 0.3) is 0 Å². The van der Waals surface area contributed by atoms with Crippen molar-refractivity contribution in [2.75, 3.05) is 20.6 Å².